The van der Waals surface area contributed by atoms with Gasteiger partial charge in [0.25, 0.3) is 5.56 Å². The molecule has 0 aliphatic heterocycles. The van der Waals surface area contributed by atoms with E-state index in [1.807, 2.05) is 0 Å². The van der Waals surface area contributed by atoms with Crippen molar-refractivity contribution in [3.63, 3.8) is 0 Å². The summed E-state index contributed by atoms with van der Waals surface area (Å²) in [5.74, 6) is 2.40. The normalized spacial score (nSPS) is 12.2. The van der Waals surface area contributed by atoms with E-state index >= 15 is 0 Å². The molecule has 0 amide bonds. The summed E-state index contributed by atoms with van der Waals surface area (Å²) >= 11 is 3.29. The second-order valence-corrected chi connectivity index (χ2v) is 5.50. The van der Waals surface area contributed by atoms with Crippen molar-refractivity contribution in [2.45, 2.75) is 32.9 Å². The maximum Gasteiger partial charge on any atom is 0.284 e. The molecule has 20 heavy (non-hydrogen) atoms. The SMILES string of the molecule is C#CCn1ncc(NCCN(C)C(C)CC)c(Br)c1=O. The maximum atomic E-state index is 11.9. The largest absolute Gasteiger partial charge is 0.381 e. The number of nitrogens with zero attached hydrogens (tertiary/aromatic N) is 3. The Kier molecular flexibility index (Phi) is 6.76. The number of hydrogen-bond acceptors (Lipinski definition) is 4. The first kappa shape index (κ1) is 16.7. The van der Waals surface area contributed by atoms with Gasteiger partial charge in [0.2, 0.25) is 0 Å². The molecule has 1 aromatic heterocycles. The van der Waals surface area contributed by atoms with E-state index in [2.05, 4.69) is 58.1 Å². The van der Waals surface area contributed by atoms with Crippen LogP contribution in [0.25, 0.3) is 0 Å². The summed E-state index contributed by atoms with van der Waals surface area (Å²) in [6, 6.07) is 0.544. The van der Waals surface area contributed by atoms with Crippen LogP contribution in [-0.2, 0) is 6.54 Å². The number of halogens is 1. The lowest BCUT2D eigenvalue weighted by Gasteiger charge is -2.23. The minimum Gasteiger partial charge on any atom is -0.381 e. The van der Waals surface area contributed by atoms with E-state index in [0.717, 1.165) is 19.5 Å². The fourth-order valence-corrected chi connectivity index (χ4v) is 2.13. The van der Waals surface area contributed by atoms with E-state index in [1.165, 1.54) is 4.68 Å². The van der Waals surface area contributed by atoms with Gasteiger partial charge in [0.15, 0.2) is 0 Å². The molecule has 1 rings (SSSR count). The fourth-order valence-electron chi connectivity index (χ4n) is 1.69. The third kappa shape index (κ3) is 4.36. The smallest absolute Gasteiger partial charge is 0.284 e. The standard InChI is InChI=1S/C14H21BrN4O/c1-5-8-19-14(20)13(15)12(10-17-19)16-7-9-18(4)11(3)6-2/h1,10-11,16H,6-9H2,2-4H3. The molecule has 5 nitrogen and oxygen atoms in total. The molecule has 6 heteroatoms. The lowest BCUT2D eigenvalue weighted by molar-refractivity contribution is 0.261. The molecule has 0 aromatic carbocycles. The van der Waals surface area contributed by atoms with Crippen LogP contribution in [0.2, 0.25) is 0 Å². The van der Waals surface area contributed by atoms with Crippen LogP contribution in [0.1, 0.15) is 20.3 Å². The molecule has 0 aliphatic rings. The van der Waals surface area contributed by atoms with Crippen molar-refractivity contribution in [3.05, 3.63) is 21.0 Å². The minimum atomic E-state index is -0.219. The van der Waals surface area contributed by atoms with Gasteiger partial charge in [-0.05, 0) is 36.3 Å². The summed E-state index contributed by atoms with van der Waals surface area (Å²) in [7, 11) is 2.09. The summed E-state index contributed by atoms with van der Waals surface area (Å²) in [6.45, 7) is 6.18. The molecular formula is C14H21BrN4O. The average Bonchev–Trinajstić information content (AvgIpc) is 2.45. The highest BCUT2D eigenvalue weighted by atomic mass is 79.9. The van der Waals surface area contributed by atoms with Gasteiger partial charge in [-0.3, -0.25) is 4.79 Å². The molecule has 0 saturated heterocycles. The number of likely N-dealkylation sites (N-methyl/N-ethyl adjacent to an activating group) is 1. The first-order valence-corrected chi connectivity index (χ1v) is 7.43. The second kappa shape index (κ2) is 8.08. The predicted molar refractivity (Wildman–Crippen MR) is 85.9 cm³/mol. The molecule has 0 aliphatic carbocycles. The Balaban J connectivity index is 2.64. The molecule has 1 aromatic rings. The Morgan fingerprint density at radius 1 is 1.65 bits per heavy atom. The fraction of sp³-hybridized carbons (Fsp3) is 0.571. The molecule has 0 radical (unpaired) electrons. The molecule has 1 unspecified atom stereocenters. The summed E-state index contributed by atoms with van der Waals surface area (Å²) in [6.07, 6.45) is 7.92. The summed E-state index contributed by atoms with van der Waals surface area (Å²) < 4.78 is 1.72. The van der Waals surface area contributed by atoms with E-state index in [-0.39, 0.29) is 12.1 Å². The van der Waals surface area contributed by atoms with Crippen molar-refractivity contribution in [2.75, 3.05) is 25.5 Å². The number of hydrogen-bond donors (Lipinski definition) is 1. The number of aromatic nitrogens is 2. The number of anilines is 1. The van der Waals surface area contributed by atoms with Crippen LogP contribution in [0.5, 0.6) is 0 Å². The van der Waals surface area contributed by atoms with E-state index in [1.54, 1.807) is 6.20 Å². The van der Waals surface area contributed by atoms with Crippen LogP contribution in [0.3, 0.4) is 0 Å². The molecule has 0 fully saturated rings. The van der Waals surface area contributed by atoms with Crippen LogP contribution in [0, 0.1) is 12.3 Å². The lowest BCUT2D eigenvalue weighted by atomic mass is 10.2. The van der Waals surface area contributed by atoms with Crippen molar-refractivity contribution in [3.8, 4) is 12.3 Å². The number of rotatable bonds is 7. The third-order valence-corrected chi connectivity index (χ3v) is 4.12. The highest BCUT2D eigenvalue weighted by Crippen LogP contribution is 2.15. The van der Waals surface area contributed by atoms with Gasteiger partial charge in [0.05, 0.1) is 11.9 Å². The predicted octanol–water partition coefficient (Wildman–Crippen LogP) is 1.78. The molecule has 0 spiro atoms. The van der Waals surface area contributed by atoms with E-state index in [0.29, 0.717) is 16.2 Å². The molecule has 1 atom stereocenters. The zero-order valence-electron chi connectivity index (χ0n) is 12.2. The molecule has 1 N–H and O–H groups in total. The van der Waals surface area contributed by atoms with Crippen LogP contribution < -0.4 is 10.9 Å². The van der Waals surface area contributed by atoms with Crippen molar-refractivity contribution >= 4 is 21.6 Å². The minimum absolute atomic E-state index is 0.175. The Morgan fingerprint density at radius 3 is 2.95 bits per heavy atom. The Hall–Kier alpha value is -1.32. The molecular weight excluding hydrogens is 320 g/mol. The third-order valence-electron chi connectivity index (χ3n) is 3.35. The Bertz CT molecular complexity index is 535. The Labute approximate surface area is 128 Å². The molecule has 1 heterocycles. The average molecular weight is 341 g/mol. The summed E-state index contributed by atoms with van der Waals surface area (Å²) in [5, 5.41) is 7.25. The highest BCUT2D eigenvalue weighted by molar-refractivity contribution is 9.10. The molecule has 0 bridgehead atoms. The van der Waals surface area contributed by atoms with Crippen LogP contribution in [-0.4, -0.2) is 40.9 Å². The second-order valence-electron chi connectivity index (χ2n) is 4.70. The zero-order valence-corrected chi connectivity index (χ0v) is 13.8. The summed E-state index contributed by atoms with van der Waals surface area (Å²) in [4.78, 5) is 14.2. The van der Waals surface area contributed by atoms with E-state index < -0.39 is 0 Å². The van der Waals surface area contributed by atoms with Crippen molar-refractivity contribution in [2.24, 2.45) is 0 Å². The van der Waals surface area contributed by atoms with Gasteiger partial charge >= 0.3 is 0 Å². The quantitative estimate of drug-likeness (QED) is 0.768. The van der Waals surface area contributed by atoms with Crippen LogP contribution in [0.15, 0.2) is 15.5 Å². The Morgan fingerprint density at radius 2 is 2.35 bits per heavy atom. The van der Waals surface area contributed by atoms with Gasteiger partial charge in [0, 0.05) is 19.1 Å². The lowest BCUT2D eigenvalue weighted by Crippen LogP contribution is -2.33. The number of terminal acetylenes is 1. The van der Waals surface area contributed by atoms with Crippen LogP contribution in [0.4, 0.5) is 5.69 Å². The van der Waals surface area contributed by atoms with E-state index in [4.69, 9.17) is 6.42 Å². The highest BCUT2D eigenvalue weighted by Gasteiger charge is 2.09. The van der Waals surface area contributed by atoms with Gasteiger partial charge in [-0.2, -0.15) is 5.10 Å². The molecule has 110 valence electrons. The van der Waals surface area contributed by atoms with Crippen molar-refractivity contribution in [1.82, 2.24) is 14.7 Å². The first-order valence-electron chi connectivity index (χ1n) is 6.64. The van der Waals surface area contributed by atoms with E-state index in [9.17, 15) is 4.79 Å². The monoisotopic (exact) mass is 340 g/mol. The van der Waals surface area contributed by atoms with Gasteiger partial charge < -0.3 is 10.2 Å². The zero-order chi connectivity index (χ0) is 15.1. The van der Waals surface area contributed by atoms with Gasteiger partial charge in [-0.25, -0.2) is 4.68 Å². The van der Waals surface area contributed by atoms with Crippen molar-refractivity contribution in [1.29, 1.82) is 0 Å². The van der Waals surface area contributed by atoms with Gasteiger partial charge in [-0.1, -0.05) is 12.8 Å². The van der Waals surface area contributed by atoms with Crippen molar-refractivity contribution < 1.29 is 0 Å². The van der Waals surface area contributed by atoms with Gasteiger partial charge in [0.1, 0.15) is 11.0 Å². The topological polar surface area (TPSA) is 50.2 Å². The molecule has 0 saturated carbocycles. The van der Waals surface area contributed by atoms with Crippen LogP contribution >= 0.6 is 15.9 Å². The summed E-state index contributed by atoms with van der Waals surface area (Å²) in [5.41, 5.74) is 0.476. The number of nitrogens with one attached hydrogen (secondary N) is 1. The maximum absolute atomic E-state index is 11.9. The first-order chi connectivity index (χ1) is 9.51. The van der Waals surface area contributed by atoms with Gasteiger partial charge in [-0.15, -0.1) is 6.42 Å².